The molecule has 1 aromatic rings. The molecule has 3 N–H and O–H groups in total. The third-order valence-electron chi connectivity index (χ3n) is 2.26. The van der Waals surface area contributed by atoms with Crippen LogP contribution in [0.1, 0.15) is 0 Å². The molecule has 9 heteroatoms. The first kappa shape index (κ1) is 11.5. The Hall–Kier alpha value is -2.00. The number of nitrogens with two attached hydrogens (primary N) is 1. The first-order valence-electron chi connectivity index (χ1n) is 5.03. The third kappa shape index (κ3) is 2.77. The van der Waals surface area contributed by atoms with Crippen molar-refractivity contribution in [1.29, 1.82) is 0 Å². The lowest BCUT2D eigenvalue weighted by Crippen LogP contribution is -2.40. The summed E-state index contributed by atoms with van der Waals surface area (Å²) in [6.45, 7) is 2.39. The van der Waals surface area contributed by atoms with E-state index in [1.165, 1.54) is 0 Å². The number of nitrogens with one attached hydrogen (secondary N) is 1. The van der Waals surface area contributed by atoms with E-state index in [9.17, 15) is 10.1 Å². The number of hydrogen-bond donors (Lipinski definition) is 2. The molecule has 1 aromatic heterocycles. The maximum atomic E-state index is 10.8. The van der Waals surface area contributed by atoms with Gasteiger partial charge in [0.25, 0.3) is 0 Å². The van der Waals surface area contributed by atoms with Crippen molar-refractivity contribution in [2.75, 3.05) is 37.5 Å². The van der Waals surface area contributed by atoms with Crippen LogP contribution in [-0.4, -0.2) is 46.2 Å². The highest BCUT2D eigenvalue weighted by molar-refractivity contribution is 5.55. The fourth-order valence-corrected chi connectivity index (χ4v) is 1.43. The van der Waals surface area contributed by atoms with E-state index in [0.717, 1.165) is 6.20 Å². The molecule has 0 amide bonds. The fraction of sp³-hybridized carbons (Fsp3) is 0.500. The molecule has 1 saturated heterocycles. The molecule has 0 unspecified atom stereocenters. The van der Waals surface area contributed by atoms with Gasteiger partial charge in [-0.25, -0.2) is 9.99 Å². The van der Waals surface area contributed by atoms with Crippen LogP contribution in [0.5, 0.6) is 0 Å². The van der Waals surface area contributed by atoms with Crippen LogP contribution in [-0.2, 0) is 4.74 Å². The fourth-order valence-electron chi connectivity index (χ4n) is 1.43. The van der Waals surface area contributed by atoms with Crippen molar-refractivity contribution in [2.24, 2.45) is 0 Å². The van der Waals surface area contributed by atoms with Gasteiger partial charge in [0.2, 0.25) is 11.8 Å². The Bertz CT molecular complexity index is 420. The van der Waals surface area contributed by atoms with E-state index >= 15 is 0 Å². The van der Waals surface area contributed by atoms with Crippen molar-refractivity contribution in [3.8, 4) is 0 Å². The first-order valence-corrected chi connectivity index (χ1v) is 5.03. The summed E-state index contributed by atoms with van der Waals surface area (Å²) in [6.07, 6.45) is 1.09. The molecule has 2 rings (SSSR count). The number of hydrazine groups is 1. The highest BCUT2D eigenvalue weighted by Gasteiger charge is 2.20. The first-order chi connectivity index (χ1) is 8.16. The van der Waals surface area contributed by atoms with Gasteiger partial charge in [-0.15, -0.1) is 0 Å². The number of hydrogen-bond acceptors (Lipinski definition) is 8. The number of nitrogens with zero attached hydrogens (tertiary/aromatic N) is 4. The highest BCUT2D eigenvalue weighted by atomic mass is 16.6. The quantitative estimate of drug-likeness (QED) is 0.542. The Kier molecular flexibility index (Phi) is 3.30. The molecular formula is C8H12N6O3. The molecular weight excluding hydrogens is 228 g/mol. The molecule has 0 aliphatic carbocycles. The Labute approximate surface area is 96.7 Å². The standard InChI is InChI=1S/C8H12N6O3/c9-8-10-5-6(14(15)16)7(11-8)12-13-1-3-17-4-2-13/h5H,1-4H2,(H3,9,10,11,12). The van der Waals surface area contributed by atoms with Crippen molar-refractivity contribution in [2.45, 2.75) is 0 Å². The van der Waals surface area contributed by atoms with E-state index in [0.29, 0.717) is 26.3 Å². The average Bonchev–Trinajstić information content (AvgIpc) is 2.30. The van der Waals surface area contributed by atoms with Gasteiger partial charge in [-0.2, -0.15) is 4.98 Å². The van der Waals surface area contributed by atoms with E-state index in [4.69, 9.17) is 10.5 Å². The monoisotopic (exact) mass is 240 g/mol. The Morgan fingerprint density at radius 2 is 2.24 bits per heavy atom. The van der Waals surface area contributed by atoms with Crippen molar-refractivity contribution in [3.05, 3.63) is 16.3 Å². The van der Waals surface area contributed by atoms with Gasteiger partial charge in [0.15, 0.2) is 0 Å². The average molecular weight is 240 g/mol. The minimum absolute atomic E-state index is 0.00800. The zero-order valence-corrected chi connectivity index (χ0v) is 9.00. The summed E-state index contributed by atoms with van der Waals surface area (Å²) in [5, 5.41) is 12.6. The molecule has 1 aliphatic heterocycles. The smallest absolute Gasteiger partial charge is 0.330 e. The van der Waals surface area contributed by atoms with Crippen LogP contribution in [0.3, 0.4) is 0 Å². The van der Waals surface area contributed by atoms with Crippen LogP contribution < -0.4 is 11.2 Å². The predicted molar refractivity (Wildman–Crippen MR) is 59.1 cm³/mol. The maximum absolute atomic E-state index is 10.8. The van der Waals surface area contributed by atoms with Gasteiger partial charge >= 0.3 is 5.69 Å². The van der Waals surface area contributed by atoms with Crippen LogP contribution >= 0.6 is 0 Å². The largest absolute Gasteiger partial charge is 0.379 e. The second-order valence-corrected chi connectivity index (χ2v) is 3.43. The molecule has 0 spiro atoms. The number of ether oxygens (including phenoxy) is 1. The van der Waals surface area contributed by atoms with E-state index in [2.05, 4.69) is 15.4 Å². The Balaban J connectivity index is 2.17. The van der Waals surface area contributed by atoms with E-state index < -0.39 is 4.92 Å². The SMILES string of the molecule is Nc1ncc([N+](=O)[O-])c(NN2CCOCC2)n1. The van der Waals surface area contributed by atoms with E-state index in [1.807, 2.05) is 0 Å². The van der Waals surface area contributed by atoms with E-state index in [-0.39, 0.29) is 17.5 Å². The highest BCUT2D eigenvalue weighted by Crippen LogP contribution is 2.21. The topological polar surface area (TPSA) is 119 Å². The van der Waals surface area contributed by atoms with Crippen LogP contribution in [0, 0.1) is 10.1 Å². The van der Waals surface area contributed by atoms with Gasteiger partial charge in [0.1, 0.15) is 6.20 Å². The van der Waals surface area contributed by atoms with Crippen molar-refractivity contribution < 1.29 is 9.66 Å². The van der Waals surface area contributed by atoms with Gasteiger partial charge in [-0.1, -0.05) is 0 Å². The second-order valence-electron chi connectivity index (χ2n) is 3.43. The lowest BCUT2D eigenvalue weighted by atomic mass is 10.4. The van der Waals surface area contributed by atoms with Crippen LogP contribution in [0.2, 0.25) is 0 Å². The summed E-state index contributed by atoms with van der Waals surface area (Å²) in [4.78, 5) is 17.6. The number of anilines is 2. The van der Waals surface area contributed by atoms with Gasteiger partial charge < -0.3 is 10.5 Å². The molecule has 2 heterocycles. The van der Waals surface area contributed by atoms with E-state index in [1.54, 1.807) is 5.01 Å². The summed E-state index contributed by atoms with van der Waals surface area (Å²) in [7, 11) is 0. The summed E-state index contributed by atoms with van der Waals surface area (Å²) in [5.74, 6) is 0.0933. The number of rotatable bonds is 3. The molecule has 1 fully saturated rings. The summed E-state index contributed by atoms with van der Waals surface area (Å²) < 4.78 is 5.17. The zero-order valence-electron chi connectivity index (χ0n) is 9.00. The van der Waals surface area contributed by atoms with Crippen molar-refractivity contribution in [3.63, 3.8) is 0 Å². The number of nitrogen functional groups attached to an aromatic ring is 1. The lowest BCUT2D eigenvalue weighted by Gasteiger charge is -2.27. The van der Waals surface area contributed by atoms with Gasteiger partial charge in [-0.3, -0.25) is 15.5 Å². The third-order valence-corrected chi connectivity index (χ3v) is 2.26. The van der Waals surface area contributed by atoms with Crippen LogP contribution in [0.15, 0.2) is 6.20 Å². The molecule has 17 heavy (non-hydrogen) atoms. The molecule has 9 nitrogen and oxygen atoms in total. The molecule has 1 aliphatic rings. The molecule has 0 aromatic carbocycles. The molecule has 0 radical (unpaired) electrons. The summed E-state index contributed by atoms with van der Waals surface area (Å²) in [6, 6.07) is 0. The predicted octanol–water partition coefficient (Wildman–Crippen LogP) is -0.374. The van der Waals surface area contributed by atoms with Crippen LogP contribution in [0.25, 0.3) is 0 Å². The lowest BCUT2D eigenvalue weighted by molar-refractivity contribution is -0.384. The zero-order chi connectivity index (χ0) is 12.3. The number of nitro groups is 1. The molecule has 0 saturated carbocycles. The minimum atomic E-state index is -0.553. The summed E-state index contributed by atoms with van der Waals surface area (Å²) in [5.41, 5.74) is 8.05. The second kappa shape index (κ2) is 4.89. The molecule has 92 valence electrons. The van der Waals surface area contributed by atoms with Gasteiger partial charge in [0, 0.05) is 13.1 Å². The van der Waals surface area contributed by atoms with Crippen molar-refractivity contribution in [1.82, 2.24) is 15.0 Å². The Morgan fingerprint density at radius 3 is 2.88 bits per heavy atom. The number of morpholine rings is 1. The summed E-state index contributed by atoms with van der Waals surface area (Å²) >= 11 is 0. The Morgan fingerprint density at radius 1 is 1.53 bits per heavy atom. The number of aromatic nitrogens is 2. The molecule has 0 bridgehead atoms. The van der Waals surface area contributed by atoms with Gasteiger partial charge in [0.05, 0.1) is 18.1 Å². The van der Waals surface area contributed by atoms with Crippen molar-refractivity contribution >= 4 is 17.5 Å². The van der Waals surface area contributed by atoms with Crippen LogP contribution in [0.4, 0.5) is 17.5 Å². The molecule has 0 atom stereocenters. The maximum Gasteiger partial charge on any atom is 0.330 e. The minimum Gasteiger partial charge on any atom is -0.379 e. The normalized spacial score (nSPS) is 16.7. The van der Waals surface area contributed by atoms with Gasteiger partial charge in [-0.05, 0) is 0 Å².